The number of likely N-dealkylation sites (N-methyl/N-ethyl adjacent to an activating group) is 3. The van der Waals surface area contributed by atoms with Crippen LogP contribution in [-0.4, -0.2) is 72.0 Å². The minimum Gasteiger partial charge on any atom is -0.301 e. The van der Waals surface area contributed by atoms with Crippen molar-refractivity contribution < 1.29 is 0 Å². The summed E-state index contributed by atoms with van der Waals surface area (Å²) >= 11 is 3.82. The number of hydrogen-bond donors (Lipinski definition) is 0. The van der Waals surface area contributed by atoms with E-state index in [9.17, 15) is 0 Å². The molecule has 0 amide bonds. The molecular formula is C12H26BrN3. The summed E-state index contributed by atoms with van der Waals surface area (Å²) in [7, 11) is 0. The Kier molecular flexibility index (Phi) is 6.89. The van der Waals surface area contributed by atoms with E-state index in [2.05, 4.69) is 51.4 Å². The predicted molar refractivity (Wildman–Crippen MR) is 74.2 cm³/mol. The first-order chi connectivity index (χ1) is 7.71. The molecule has 1 heterocycles. The first-order valence-electron chi connectivity index (χ1n) is 6.54. The molecule has 96 valence electrons. The highest BCUT2D eigenvalue weighted by Crippen LogP contribution is 2.11. The van der Waals surface area contributed by atoms with E-state index >= 15 is 0 Å². The van der Waals surface area contributed by atoms with Gasteiger partial charge in [-0.2, -0.15) is 0 Å². The Bertz CT molecular complexity index is 189. The summed E-state index contributed by atoms with van der Waals surface area (Å²) in [6, 6.07) is 0. The lowest BCUT2D eigenvalue weighted by Gasteiger charge is -2.29. The monoisotopic (exact) mass is 291 g/mol. The summed E-state index contributed by atoms with van der Waals surface area (Å²) in [4.78, 5) is 8.12. The maximum atomic E-state index is 3.82. The Morgan fingerprint density at radius 1 is 0.875 bits per heavy atom. The first-order valence-corrected chi connectivity index (χ1v) is 7.45. The summed E-state index contributed by atoms with van der Waals surface area (Å²) in [5.41, 5.74) is 0. The molecule has 1 atom stereocenters. The van der Waals surface area contributed by atoms with Crippen LogP contribution in [0.5, 0.6) is 0 Å². The fourth-order valence-corrected chi connectivity index (χ4v) is 3.09. The average Bonchev–Trinajstić information content (AvgIpc) is 2.38. The van der Waals surface area contributed by atoms with Crippen LogP contribution in [0, 0.1) is 0 Å². The predicted octanol–water partition coefficient (Wildman–Crippen LogP) is 1.69. The number of halogens is 1. The van der Waals surface area contributed by atoms with Gasteiger partial charge in [0, 0.05) is 32.7 Å². The molecule has 1 rings (SSSR count). The molecule has 1 fully saturated rings. The van der Waals surface area contributed by atoms with E-state index in [1.54, 1.807) is 0 Å². The fourth-order valence-electron chi connectivity index (χ4n) is 2.18. The molecule has 0 saturated carbocycles. The van der Waals surface area contributed by atoms with Gasteiger partial charge < -0.3 is 4.90 Å². The van der Waals surface area contributed by atoms with Crippen molar-refractivity contribution in [3.63, 3.8) is 0 Å². The van der Waals surface area contributed by atoms with Gasteiger partial charge in [0.05, 0.1) is 4.95 Å². The highest BCUT2D eigenvalue weighted by Gasteiger charge is 2.20. The van der Waals surface area contributed by atoms with Crippen molar-refractivity contribution in [1.82, 2.24) is 14.7 Å². The molecule has 0 aromatic heterocycles. The second kappa shape index (κ2) is 7.64. The summed E-state index contributed by atoms with van der Waals surface area (Å²) in [5, 5.41) is 0. The number of hydrogen-bond acceptors (Lipinski definition) is 3. The van der Waals surface area contributed by atoms with Crippen molar-refractivity contribution in [1.29, 1.82) is 0 Å². The zero-order valence-electron chi connectivity index (χ0n) is 11.0. The van der Waals surface area contributed by atoms with Crippen LogP contribution >= 0.6 is 15.9 Å². The summed E-state index contributed by atoms with van der Waals surface area (Å²) in [6.07, 6.45) is 0. The summed E-state index contributed by atoms with van der Waals surface area (Å²) in [6.45, 7) is 16.1. The van der Waals surface area contributed by atoms with Gasteiger partial charge in [-0.05, 0) is 19.6 Å². The molecule has 0 aromatic rings. The minimum absolute atomic E-state index is 0.509. The van der Waals surface area contributed by atoms with Crippen LogP contribution in [0.3, 0.4) is 0 Å². The van der Waals surface area contributed by atoms with E-state index in [1.807, 2.05) is 0 Å². The molecule has 0 aliphatic carbocycles. The second-order valence-corrected chi connectivity index (χ2v) is 5.45. The molecule has 0 radical (unpaired) electrons. The Morgan fingerprint density at radius 2 is 1.44 bits per heavy atom. The summed E-state index contributed by atoms with van der Waals surface area (Å²) in [5.74, 6) is 0. The van der Waals surface area contributed by atoms with E-state index in [-0.39, 0.29) is 0 Å². The maximum Gasteiger partial charge on any atom is 0.0784 e. The van der Waals surface area contributed by atoms with E-state index in [0.29, 0.717) is 4.95 Å². The zero-order valence-corrected chi connectivity index (χ0v) is 12.5. The van der Waals surface area contributed by atoms with Gasteiger partial charge in [-0.1, -0.05) is 36.7 Å². The highest BCUT2D eigenvalue weighted by molar-refractivity contribution is 9.09. The van der Waals surface area contributed by atoms with Crippen LogP contribution in [-0.2, 0) is 0 Å². The smallest absolute Gasteiger partial charge is 0.0784 e. The van der Waals surface area contributed by atoms with Gasteiger partial charge in [-0.3, -0.25) is 9.80 Å². The average molecular weight is 292 g/mol. The lowest BCUT2D eigenvalue weighted by Crippen LogP contribution is -2.41. The highest BCUT2D eigenvalue weighted by atomic mass is 79.9. The van der Waals surface area contributed by atoms with Gasteiger partial charge in [0.1, 0.15) is 0 Å². The normalized spacial score (nSPS) is 27.4. The molecular weight excluding hydrogens is 266 g/mol. The van der Waals surface area contributed by atoms with Crippen LogP contribution in [0.1, 0.15) is 20.8 Å². The molecule has 3 nitrogen and oxygen atoms in total. The lowest BCUT2D eigenvalue weighted by molar-refractivity contribution is 0.215. The molecule has 4 heteroatoms. The Morgan fingerprint density at radius 3 is 2.00 bits per heavy atom. The largest absolute Gasteiger partial charge is 0.301 e. The lowest BCUT2D eigenvalue weighted by atomic mass is 10.4. The molecule has 0 aromatic carbocycles. The van der Waals surface area contributed by atoms with Gasteiger partial charge in [0.2, 0.25) is 0 Å². The molecule has 16 heavy (non-hydrogen) atoms. The fraction of sp³-hybridized carbons (Fsp3) is 1.00. The molecule has 1 unspecified atom stereocenters. The van der Waals surface area contributed by atoms with Crippen molar-refractivity contribution >= 4 is 15.9 Å². The van der Waals surface area contributed by atoms with Gasteiger partial charge >= 0.3 is 0 Å². The van der Waals surface area contributed by atoms with Gasteiger partial charge in [0.25, 0.3) is 0 Å². The van der Waals surface area contributed by atoms with Crippen LogP contribution in [0.2, 0.25) is 0 Å². The van der Waals surface area contributed by atoms with Crippen LogP contribution in [0.15, 0.2) is 0 Å². The van der Waals surface area contributed by atoms with Gasteiger partial charge in [-0.15, -0.1) is 0 Å². The van der Waals surface area contributed by atoms with Crippen molar-refractivity contribution in [2.24, 2.45) is 0 Å². The number of rotatable bonds is 3. The SMILES string of the molecule is CCN1CCN(CC)CC(Br)N(CC)CC1. The van der Waals surface area contributed by atoms with Gasteiger partial charge in [0.15, 0.2) is 0 Å². The third-order valence-electron chi connectivity index (χ3n) is 3.54. The van der Waals surface area contributed by atoms with E-state index in [1.165, 1.54) is 32.7 Å². The first kappa shape index (κ1) is 14.4. The molecule has 0 N–H and O–H groups in total. The molecule has 0 spiro atoms. The number of nitrogens with zero attached hydrogens (tertiary/aromatic N) is 3. The quantitative estimate of drug-likeness (QED) is 0.579. The van der Waals surface area contributed by atoms with Crippen LogP contribution < -0.4 is 0 Å². The van der Waals surface area contributed by atoms with Crippen molar-refractivity contribution in [2.45, 2.75) is 25.7 Å². The van der Waals surface area contributed by atoms with Crippen LogP contribution in [0.25, 0.3) is 0 Å². The molecule has 1 saturated heterocycles. The third kappa shape index (κ3) is 4.32. The van der Waals surface area contributed by atoms with E-state index in [4.69, 9.17) is 0 Å². The van der Waals surface area contributed by atoms with E-state index < -0.39 is 0 Å². The van der Waals surface area contributed by atoms with Crippen molar-refractivity contribution in [2.75, 3.05) is 52.4 Å². The number of alkyl halides is 1. The Labute approximate surface area is 109 Å². The van der Waals surface area contributed by atoms with E-state index in [0.717, 1.165) is 19.6 Å². The Hall–Kier alpha value is 0.360. The standard InChI is InChI=1S/C12H26BrN3/c1-4-14-7-8-15(5-2)11-12(13)16(6-3)10-9-14/h12H,4-11H2,1-3H3. The zero-order chi connectivity index (χ0) is 12.0. The third-order valence-corrected chi connectivity index (χ3v) is 4.41. The summed E-state index contributed by atoms with van der Waals surface area (Å²) < 4.78 is 0. The molecule has 0 bridgehead atoms. The maximum absolute atomic E-state index is 3.82. The van der Waals surface area contributed by atoms with Crippen molar-refractivity contribution in [3.8, 4) is 0 Å². The Balaban J connectivity index is 2.60. The second-order valence-electron chi connectivity index (χ2n) is 4.39. The topological polar surface area (TPSA) is 9.72 Å². The molecule has 1 aliphatic rings. The van der Waals surface area contributed by atoms with Crippen LogP contribution in [0.4, 0.5) is 0 Å². The van der Waals surface area contributed by atoms with Crippen molar-refractivity contribution in [3.05, 3.63) is 0 Å². The molecule has 1 aliphatic heterocycles. The van der Waals surface area contributed by atoms with Gasteiger partial charge in [-0.25, -0.2) is 0 Å². The minimum atomic E-state index is 0.509.